The van der Waals surface area contributed by atoms with Gasteiger partial charge in [0.15, 0.2) is 0 Å². The fourth-order valence-corrected chi connectivity index (χ4v) is 6.48. The lowest BCUT2D eigenvalue weighted by atomic mass is 10.0. The standard InChI is InChI=1S/C46H88N2O4/c1-41(2)29-31-43(5)39-45(49)51-37-27-23-19-15-11-9-13-17-21-25-33-48(36-35-47(7)8)34-26-22-18-14-10-12-16-20-24-28-38-52-46(50)40-44(6)32-30-42(3)4/h29-30,43-44H,9-28,31-40H2,1-8H3. The molecule has 0 radical (unpaired) electrons. The summed E-state index contributed by atoms with van der Waals surface area (Å²) in [4.78, 5) is 29.0. The molecule has 2 unspecified atom stereocenters. The van der Waals surface area contributed by atoms with Crippen molar-refractivity contribution in [1.29, 1.82) is 0 Å². The van der Waals surface area contributed by atoms with Crippen molar-refractivity contribution in [1.82, 2.24) is 9.80 Å². The summed E-state index contributed by atoms with van der Waals surface area (Å²) < 4.78 is 10.9. The molecular weight excluding hydrogens is 645 g/mol. The highest BCUT2D eigenvalue weighted by Crippen LogP contribution is 2.15. The molecule has 0 spiro atoms. The van der Waals surface area contributed by atoms with Crippen LogP contribution in [0.1, 0.15) is 196 Å². The quantitative estimate of drug-likeness (QED) is 0.0360. The van der Waals surface area contributed by atoms with E-state index in [1.165, 1.54) is 146 Å². The minimum Gasteiger partial charge on any atom is -0.466 e. The molecule has 306 valence electrons. The summed E-state index contributed by atoms with van der Waals surface area (Å²) >= 11 is 0. The first-order valence-electron chi connectivity index (χ1n) is 21.9. The number of unbranched alkanes of at least 4 members (excludes halogenated alkanes) is 18. The second-order valence-corrected chi connectivity index (χ2v) is 16.8. The summed E-state index contributed by atoms with van der Waals surface area (Å²) in [5.41, 5.74) is 2.62. The van der Waals surface area contributed by atoms with Crippen molar-refractivity contribution < 1.29 is 19.1 Å². The van der Waals surface area contributed by atoms with Crippen molar-refractivity contribution in [3.05, 3.63) is 23.3 Å². The van der Waals surface area contributed by atoms with E-state index in [0.717, 1.165) is 32.2 Å². The summed E-state index contributed by atoms with van der Waals surface area (Å²) in [6.45, 7) is 18.7. The van der Waals surface area contributed by atoms with Gasteiger partial charge in [-0.2, -0.15) is 0 Å². The third-order valence-corrected chi connectivity index (χ3v) is 10.0. The van der Waals surface area contributed by atoms with E-state index in [9.17, 15) is 9.59 Å². The molecule has 0 N–H and O–H groups in total. The van der Waals surface area contributed by atoms with Gasteiger partial charge in [0.25, 0.3) is 0 Å². The molecule has 2 atom stereocenters. The largest absolute Gasteiger partial charge is 0.466 e. The second-order valence-electron chi connectivity index (χ2n) is 16.8. The van der Waals surface area contributed by atoms with Gasteiger partial charge in [-0.3, -0.25) is 9.59 Å². The van der Waals surface area contributed by atoms with E-state index in [-0.39, 0.29) is 11.9 Å². The Balaban J connectivity index is 3.70. The number of allylic oxidation sites excluding steroid dienone is 4. The summed E-state index contributed by atoms with van der Waals surface area (Å²) in [6.07, 6.45) is 33.1. The fraction of sp³-hybridized carbons (Fsp3) is 0.870. The number of hydrogen-bond donors (Lipinski definition) is 0. The van der Waals surface area contributed by atoms with E-state index in [2.05, 4.69) is 77.6 Å². The van der Waals surface area contributed by atoms with Crippen LogP contribution in [0.4, 0.5) is 0 Å². The van der Waals surface area contributed by atoms with Crippen LogP contribution in [0.25, 0.3) is 0 Å². The van der Waals surface area contributed by atoms with E-state index in [1.807, 2.05) is 0 Å². The molecule has 0 bridgehead atoms. The van der Waals surface area contributed by atoms with Gasteiger partial charge in [-0.25, -0.2) is 0 Å². The first kappa shape index (κ1) is 50.3. The molecule has 0 aliphatic carbocycles. The van der Waals surface area contributed by atoms with Crippen LogP contribution in [0.5, 0.6) is 0 Å². The molecule has 52 heavy (non-hydrogen) atoms. The van der Waals surface area contributed by atoms with Gasteiger partial charge in [-0.1, -0.05) is 140 Å². The van der Waals surface area contributed by atoms with Crippen LogP contribution in [-0.4, -0.2) is 75.2 Å². The van der Waals surface area contributed by atoms with Gasteiger partial charge in [0.2, 0.25) is 0 Å². The van der Waals surface area contributed by atoms with Crippen molar-refractivity contribution in [2.75, 3.05) is 53.5 Å². The molecule has 0 fully saturated rings. The molecule has 0 aromatic heterocycles. The average molecular weight is 733 g/mol. The maximum absolute atomic E-state index is 12.0. The molecule has 0 aliphatic heterocycles. The number of hydrogen-bond acceptors (Lipinski definition) is 6. The third kappa shape index (κ3) is 38.1. The molecule has 0 aromatic carbocycles. The minimum atomic E-state index is -0.0365. The van der Waals surface area contributed by atoms with Crippen LogP contribution in [0.2, 0.25) is 0 Å². The van der Waals surface area contributed by atoms with E-state index in [0.29, 0.717) is 37.9 Å². The normalized spacial score (nSPS) is 12.6. The number of nitrogens with zero attached hydrogens (tertiary/aromatic N) is 2. The van der Waals surface area contributed by atoms with Crippen LogP contribution in [0.3, 0.4) is 0 Å². The number of carbonyl (C=O) groups excluding carboxylic acids is 2. The van der Waals surface area contributed by atoms with E-state index < -0.39 is 0 Å². The Bertz CT molecular complexity index is 825. The van der Waals surface area contributed by atoms with Crippen LogP contribution in [-0.2, 0) is 19.1 Å². The molecule has 0 heterocycles. The van der Waals surface area contributed by atoms with Crippen LogP contribution >= 0.6 is 0 Å². The van der Waals surface area contributed by atoms with Crippen LogP contribution < -0.4 is 0 Å². The Morgan fingerprint density at radius 2 is 0.769 bits per heavy atom. The molecule has 0 saturated carbocycles. The molecule has 0 rings (SSSR count). The zero-order valence-corrected chi connectivity index (χ0v) is 36.1. The minimum absolute atomic E-state index is 0.0365. The molecular formula is C46H88N2O4. The van der Waals surface area contributed by atoms with Gasteiger partial charge in [-0.15, -0.1) is 0 Å². The Morgan fingerprint density at radius 1 is 0.462 bits per heavy atom. The molecule has 0 saturated heterocycles. The van der Waals surface area contributed by atoms with Gasteiger partial charge < -0.3 is 19.3 Å². The first-order valence-corrected chi connectivity index (χ1v) is 21.9. The van der Waals surface area contributed by atoms with Crippen molar-refractivity contribution in [2.45, 2.75) is 196 Å². The third-order valence-electron chi connectivity index (χ3n) is 10.0. The lowest BCUT2D eigenvalue weighted by Crippen LogP contribution is -2.33. The van der Waals surface area contributed by atoms with E-state index >= 15 is 0 Å². The van der Waals surface area contributed by atoms with Crippen molar-refractivity contribution >= 4 is 11.9 Å². The molecule has 0 aromatic rings. The predicted octanol–water partition coefficient (Wildman–Crippen LogP) is 12.5. The smallest absolute Gasteiger partial charge is 0.306 e. The number of esters is 2. The van der Waals surface area contributed by atoms with Crippen LogP contribution in [0.15, 0.2) is 23.3 Å². The van der Waals surface area contributed by atoms with Gasteiger partial charge in [0.05, 0.1) is 13.2 Å². The maximum atomic E-state index is 12.0. The fourth-order valence-electron chi connectivity index (χ4n) is 6.48. The van der Waals surface area contributed by atoms with Gasteiger partial charge in [0, 0.05) is 25.9 Å². The zero-order valence-electron chi connectivity index (χ0n) is 36.1. The Kier molecular flexibility index (Phi) is 35.2. The number of likely N-dealkylation sites (N-methyl/N-ethyl adjacent to an activating group) is 1. The summed E-state index contributed by atoms with van der Waals surface area (Å²) in [6, 6.07) is 0. The van der Waals surface area contributed by atoms with Crippen LogP contribution in [0, 0.1) is 11.8 Å². The monoisotopic (exact) mass is 733 g/mol. The topological polar surface area (TPSA) is 59.1 Å². The average Bonchev–Trinajstić information content (AvgIpc) is 3.08. The number of ether oxygens (including phenoxy) is 2. The number of rotatable bonds is 37. The predicted molar refractivity (Wildman–Crippen MR) is 225 cm³/mol. The molecule has 6 nitrogen and oxygen atoms in total. The maximum Gasteiger partial charge on any atom is 0.306 e. The molecule has 0 amide bonds. The van der Waals surface area contributed by atoms with Crippen molar-refractivity contribution in [3.8, 4) is 0 Å². The molecule has 0 aliphatic rings. The lowest BCUT2D eigenvalue weighted by Gasteiger charge is -2.24. The molecule has 6 heteroatoms. The van der Waals surface area contributed by atoms with Crippen molar-refractivity contribution in [3.63, 3.8) is 0 Å². The van der Waals surface area contributed by atoms with E-state index in [1.54, 1.807) is 0 Å². The Hall–Kier alpha value is -1.66. The summed E-state index contributed by atoms with van der Waals surface area (Å²) in [5, 5.41) is 0. The zero-order chi connectivity index (χ0) is 38.7. The Morgan fingerprint density at radius 3 is 1.08 bits per heavy atom. The Labute approximate surface area is 324 Å². The summed E-state index contributed by atoms with van der Waals surface area (Å²) in [7, 11) is 4.37. The SMILES string of the molecule is CC(C)=CCC(C)CC(=O)OCCCCCCCCCCCCN(CCCCCCCCCCCCOC(=O)CC(C)CC=C(C)C)CCN(C)C. The van der Waals surface area contributed by atoms with Gasteiger partial charge in [-0.05, 0) is 105 Å². The second kappa shape index (κ2) is 36.3. The van der Waals surface area contributed by atoms with E-state index in [4.69, 9.17) is 9.47 Å². The highest BCUT2D eigenvalue weighted by molar-refractivity contribution is 5.69. The van der Waals surface area contributed by atoms with Gasteiger partial charge >= 0.3 is 11.9 Å². The van der Waals surface area contributed by atoms with Crippen molar-refractivity contribution in [2.24, 2.45) is 11.8 Å². The highest BCUT2D eigenvalue weighted by Gasteiger charge is 2.10. The van der Waals surface area contributed by atoms with Gasteiger partial charge in [0.1, 0.15) is 0 Å². The first-order chi connectivity index (χ1) is 25.0. The number of carbonyl (C=O) groups is 2. The highest BCUT2D eigenvalue weighted by atomic mass is 16.5. The summed E-state index contributed by atoms with van der Waals surface area (Å²) in [5.74, 6) is 0.645. The lowest BCUT2D eigenvalue weighted by molar-refractivity contribution is -0.145.